The van der Waals surface area contributed by atoms with Crippen LogP contribution in [0.3, 0.4) is 0 Å². The number of nitro benzene ring substituents is 1. The van der Waals surface area contributed by atoms with Gasteiger partial charge in [-0.15, -0.1) is 0 Å². The largest absolute Gasteiger partial charge is 0.329 e. The van der Waals surface area contributed by atoms with E-state index in [9.17, 15) is 19.3 Å². The summed E-state index contributed by atoms with van der Waals surface area (Å²) in [5.74, 6) is -0.416. The minimum Gasteiger partial charge on any atom is -0.329 e. The summed E-state index contributed by atoms with van der Waals surface area (Å²) in [6.07, 6.45) is 0. The Kier molecular flexibility index (Phi) is 5.25. The van der Waals surface area contributed by atoms with E-state index in [1.165, 1.54) is 42.5 Å². The standard InChI is InChI=1S/C24H17ClFN5O3/c1-13-21(23(32)28-15-8-6-14(26)7-9-15)22(17-12-16(31(33)34)10-11-18(17)25)30-20-5-3-2-4-19(20)29-24(30)27-13/h2-12,22H,1H3,(H,27,29)(H,28,32)/t22-/m0/s1. The molecule has 4 aromatic rings. The quantitative estimate of drug-likeness (QED) is 0.291. The van der Waals surface area contributed by atoms with Crippen molar-refractivity contribution in [3.8, 4) is 0 Å². The highest BCUT2D eigenvalue weighted by atomic mass is 35.5. The molecular weight excluding hydrogens is 461 g/mol. The van der Waals surface area contributed by atoms with Crippen LogP contribution in [0.1, 0.15) is 18.5 Å². The molecule has 1 aromatic heterocycles. The van der Waals surface area contributed by atoms with Crippen molar-refractivity contribution in [2.45, 2.75) is 13.0 Å². The molecule has 2 heterocycles. The summed E-state index contributed by atoms with van der Waals surface area (Å²) in [7, 11) is 0. The first-order chi connectivity index (χ1) is 16.3. The third kappa shape index (κ3) is 3.65. The molecule has 1 aliphatic rings. The van der Waals surface area contributed by atoms with E-state index >= 15 is 0 Å². The number of carbonyl (C=O) groups excluding carboxylic acids is 1. The van der Waals surface area contributed by atoms with Crippen LogP contribution in [0, 0.1) is 15.9 Å². The van der Waals surface area contributed by atoms with Crippen molar-refractivity contribution in [2.75, 3.05) is 10.6 Å². The van der Waals surface area contributed by atoms with E-state index in [4.69, 9.17) is 11.6 Å². The van der Waals surface area contributed by atoms with Gasteiger partial charge in [0, 0.05) is 34.1 Å². The highest BCUT2D eigenvalue weighted by Gasteiger charge is 2.36. The van der Waals surface area contributed by atoms with E-state index < -0.39 is 22.7 Å². The van der Waals surface area contributed by atoms with Crippen molar-refractivity contribution in [3.63, 3.8) is 0 Å². The highest BCUT2D eigenvalue weighted by molar-refractivity contribution is 6.31. The Balaban J connectivity index is 1.71. The SMILES string of the molecule is CC1=C(C(=O)Nc2ccc(F)cc2)[C@H](c2cc([N+](=O)[O-])ccc2Cl)n2c(nc3ccccc32)N1. The van der Waals surface area contributed by atoms with Crippen molar-refractivity contribution >= 4 is 45.9 Å². The van der Waals surface area contributed by atoms with Crippen molar-refractivity contribution in [3.05, 3.63) is 105 Å². The molecule has 0 fully saturated rings. The Morgan fingerprint density at radius 1 is 1.18 bits per heavy atom. The maximum atomic E-state index is 13.5. The summed E-state index contributed by atoms with van der Waals surface area (Å²) >= 11 is 6.54. The lowest BCUT2D eigenvalue weighted by Gasteiger charge is -2.31. The number of imidazole rings is 1. The second-order valence-electron chi connectivity index (χ2n) is 7.78. The van der Waals surface area contributed by atoms with E-state index in [-0.39, 0.29) is 10.7 Å². The van der Waals surface area contributed by atoms with Gasteiger partial charge >= 0.3 is 0 Å². The minimum atomic E-state index is -0.809. The van der Waals surface area contributed by atoms with Gasteiger partial charge in [-0.05, 0) is 49.4 Å². The van der Waals surface area contributed by atoms with E-state index in [1.54, 1.807) is 11.5 Å². The number of non-ortho nitro benzene ring substituents is 1. The first-order valence-electron chi connectivity index (χ1n) is 10.3. The van der Waals surface area contributed by atoms with E-state index in [1.807, 2.05) is 24.3 Å². The van der Waals surface area contributed by atoms with Crippen LogP contribution < -0.4 is 10.6 Å². The lowest BCUT2D eigenvalue weighted by atomic mass is 9.93. The molecular formula is C24H17ClFN5O3. The zero-order valence-corrected chi connectivity index (χ0v) is 18.5. The lowest BCUT2D eigenvalue weighted by Crippen LogP contribution is -2.31. The van der Waals surface area contributed by atoms with Crippen LogP contribution in [-0.2, 0) is 4.79 Å². The number of amides is 1. The molecule has 2 N–H and O–H groups in total. The van der Waals surface area contributed by atoms with Gasteiger partial charge in [0.1, 0.15) is 5.82 Å². The van der Waals surface area contributed by atoms with E-state index in [0.717, 1.165) is 5.52 Å². The predicted molar refractivity (Wildman–Crippen MR) is 127 cm³/mol. The number of carbonyl (C=O) groups is 1. The maximum absolute atomic E-state index is 13.5. The molecule has 0 radical (unpaired) electrons. The number of benzene rings is 3. The predicted octanol–water partition coefficient (Wildman–Crippen LogP) is 5.66. The molecule has 8 nitrogen and oxygen atoms in total. The molecule has 0 saturated heterocycles. The van der Waals surface area contributed by atoms with Crippen molar-refractivity contribution in [1.82, 2.24) is 9.55 Å². The molecule has 10 heteroatoms. The highest BCUT2D eigenvalue weighted by Crippen LogP contribution is 2.42. The summed E-state index contributed by atoms with van der Waals surface area (Å²) in [5.41, 5.74) is 2.83. The monoisotopic (exact) mass is 477 g/mol. The smallest absolute Gasteiger partial charge is 0.269 e. The fraction of sp³-hybridized carbons (Fsp3) is 0.0833. The maximum Gasteiger partial charge on any atom is 0.269 e. The van der Waals surface area contributed by atoms with Crippen molar-refractivity contribution in [2.24, 2.45) is 0 Å². The number of para-hydroxylation sites is 2. The lowest BCUT2D eigenvalue weighted by molar-refractivity contribution is -0.384. The number of rotatable bonds is 4. The van der Waals surface area contributed by atoms with Crippen LogP contribution in [0.25, 0.3) is 11.0 Å². The Morgan fingerprint density at radius 2 is 1.91 bits per heavy atom. The molecule has 1 atom stereocenters. The number of anilines is 2. The molecule has 0 unspecified atom stereocenters. The molecule has 34 heavy (non-hydrogen) atoms. The van der Waals surface area contributed by atoms with E-state index in [2.05, 4.69) is 15.6 Å². The molecule has 1 aliphatic heterocycles. The average Bonchev–Trinajstić information content (AvgIpc) is 3.17. The summed E-state index contributed by atoms with van der Waals surface area (Å²) in [6.45, 7) is 1.72. The Hall–Kier alpha value is -4.24. The van der Waals surface area contributed by atoms with Gasteiger partial charge in [-0.25, -0.2) is 9.37 Å². The van der Waals surface area contributed by atoms with Gasteiger partial charge in [-0.2, -0.15) is 0 Å². The number of hydrogen-bond acceptors (Lipinski definition) is 5. The first kappa shape index (κ1) is 21.6. The van der Waals surface area contributed by atoms with Gasteiger partial charge in [0.25, 0.3) is 11.6 Å². The molecule has 0 bridgehead atoms. The number of allylic oxidation sites excluding steroid dienone is 1. The number of nitrogens with zero attached hydrogens (tertiary/aromatic N) is 3. The summed E-state index contributed by atoms with van der Waals surface area (Å²) < 4.78 is 15.1. The molecule has 5 rings (SSSR count). The molecule has 3 aromatic carbocycles. The Morgan fingerprint density at radius 3 is 2.65 bits per heavy atom. The number of fused-ring (bicyclic) bond motifs is 3. The fourth-order valence-electron chi connectivity index (χ4n) is 4.14. The Bertz CT molecular complexity index is 1500. The van der Waals surface area contributed by atoms with Crippen LogP contribution in [0.2, 0.25) is 5.02 Å². The normalized spacial score (nSPS) is 15.1. The molecule has 170 valence electrons. The van der Waals surface area contributed by atoms with Crippen LogP contribution in [0.4, 0.5) is 21.7 Å². The van der Waals surface area contributed by atoms with Gasteiger partial charge in [0.2, 0.25) is 5.95 Å². The number of nitro groups is 1. The van der Waals surface area contributed by atoms with Crippen molar-refractivity contribution < 1.29 is 14.1 Å². The minimum absolute atomic E-state index is 0.153. The molecule has 1 amide bonds. The van der Waals surface area contributed by atoms with Gasteiger partial charge < -0.3 is 10.6 Å². The van der Waals surface area contributed by atoms with Gasteiger partial charge in [0.15, 0.2) is 0 Å². The van der Waals surface area contributed by atoms with Gasteiger partial charge in [-0.1, -0.05) is 23.7 Å². The summed E-state index contributed by atoms with van der Waals surface area (Å²) in [5, 5.41) is 17.7. The van der Waals surface area contributed by atoms with Gasteiger partial charge in [0.05, 0.1) is 27.6 Å². The van der Waals surface area contributed by atoms with Gasteiger partial charge in [-0.3, -0.25) is 19.5 Å². The topological polar surface area (TPSA) is 102 Å². The second-order valence-corrected chi connectivity index (χ2v) is 8.19. The van der Waals surface area contributed by atoms with Crippen LogP contribution in [-0.4, -0.2) is 20.4 Å². The van der Waals surface area contributed by atoms with Crippen LogP contribution >= 0.6 is 11.6 Å². The fourth-order valence-corrected chi connectivity index (χ4v) is 4.36. The molecule has 0 aliphatic carbocycles. The second kappa shape index (κ2) is 8.27. The third-order valence-corrected chi connectivity index (χ3v) is 6.01. The van der Waals surface area contributed by atoms with Crippen molar-refractivity contribution in [1.29, 1.82) is 0 Å². The number of halogens is 2. The number of aromatic nitrogens is 2. The van der Waals surface area contributed by atoms with E-state index in [0.29, 0.717) is 34.0 Å². The Labute approximate surface area is 197 Å². The number of hydrogen-bond donors (Lipinski definition) is 2. The molecule has 0 spiro atoms. The zero-order valence-electron chi connectivity index (χ0n) is 17.8. The summed E-state index contributed by atoms with van der Waals surface area (Å²) in [6, 6.07) is 16.1. The third-order valence-electron chi connectivity index (χ3n) is 5.66. The molecule has 0 saturated carbocycles. The van der Waals surface area contributed by atoms with Crippen LogP contribution in [0.15, 0.2) is 78.0 Å². The summed E-state index contributed by atoms with van der Waals surface area (Å²) in [4.78, 5) is 29.2. The number of nitrogens with one attached hydrogen (secondary N) is 2. The average molecular weight is 478 g/mol. The first-order valence-corrected chi connectivity index (χ1v) is 10.7. The zero-order chi connectivity index (χ0) is 24.0. The van der Waals surface area contributed by atoms with Crippen LogP contribution in [0.5, 0.6) is 0 Å².